The monoisotopic (exact) mass is 163 g/mol. The number of H-pyrrole nitrogens is 1. The van der Waals surface area contributed by atoms with Gasteiger partial charge in [0.2, 0.25) is 0 Å². The topological polar surface area (TPSA) is 32.9 Å². The van der Waals surface area contributed by atoms with E-state index in [9.17, 15) is 4.79 Å². The summed E-state index contributed by atoms with van der Waals surface area (Å²) in [6, 6.07) is 0. The summed E-state index contributed by atoms with van der Waals surface area (Å²) in [6.45, 7) is 4.19. The van der Waals surface area contributed by atoms with Crippen LogP contribution >= 0.6 is 0 Å². The van der Waals surface area contributed by atoms with E-state index in [-0.39, 0.29) is 5.56 Å². The number of aromatic amines is 1. The van der Waals surface area contributed by atoms with Crippen LogP contribution in [0.25, 0.3) is 0 Å². The Morgan fingerprint density at radius 1 is 1.58 bits per heavy atom. The minimum atomic E-state index is 0.112. The van der Waals surface area contributed by atoms with Gasteiger partial charge in [0.15, 0.2) is 0 Å². The molecule has 1 atom stereocenters. The first-order chi connectivity index (χ1) is 5.70. The molecule has 1 heterocycles. The van der Waals surface area contributed by atoms with E-state index in [0.29, 0.717) is 5.92 Å². The van der Waals surface area contributed by atoms with E-state index in [1.807, 2.05) is 6.20 Å². The molecule has 0 bridgehead atoms. The van der Waals surface area contributed by atoms with Crippen LogP contribution in [0.5, 0.6) is 0 Å². The molecule has 1 aliphatic carbocycles. The molecule has 0 saturated carbocycles. The molecule has 2 heteroatoms. The molecule has 1 N–H and O–H groups in total. The summed E-state index contributed by atoms with van der Waals surface area (Å²) in [5.74, 6) is 0.448. The van der Waals surface area contributed by atoms with Crippen molar-refractivity contribution in [3.63, 3.8) is 0 Å². The van der Waals surface area contributed by atoms with Gasteiger partial charge < -0.3 is 4.98 Å². The summed E-state index contributed by atoms with van der Waals surface area (Å²) in [4.78, 5) is 14.2. The maximum atomic E-state index is 11.4. The number of fused-ring (bicyclic) bond motifs is 1. The molecule has 2 nitrogen and oxygen atoms in total. The van der Waals surface area contributed by atoms with E-state index in [2.05, 4.69) is 18.8 Å². The van der Waals surface area contributed by atoms with E-state index in [0.717, 1.165) is 18.4 Å². The lowest BCUT2D eigenvalue weighted by molar-refractivity contribution is 0.741. The Morgan fingerprint density at radius 3 is 3.00 bits per heavy atom. The lowest BCUT2D eigenvalue weighted by Crippen LogP contribution is -2.13. The van der Waals surface area contributed by atoms with Gasteiger partial charge >= 0.3 is 0 Å². The molecule has 1 aliphatic rings. The third kappa shape index (κ3) is 0.909. The normalized spacial score (nSPS) is 21.0. The third-order valence-corrected chi connectivity index (χ3v) is 2.79. The smallest absolute Gasteiger partial charge is 0.251 e. The van der Waals surface area contributed by atoms with Crippen molar-refractivity contribution in [2.75, 3.05) is 0 Å². The van der Waals surface area contributed by atoms with Gasteiger partial charge in [0, 0.05) is 11.8 Å². The van der Waals surface area contributed by atoms with Crippen molar-refractivity contribution in [2.45, 2.75) is 32.6 Å². The third-order valence-electron chi connectivity index (χ3n) is 2.79. The van der Waals surface area contributed by atoms with E-state index in [1.54, 1.807) is 0 Å². The maximum absolute atomic E-state index is 11.4. The van der Waals surface area contributed by atoms with Gasteiger partial charge in [-0.15, -0.1) is 0 Å². The second-order valence-corrected chi connectivity index (χ2v) is 3.63. The average Bonchev–Trinajstić information content (AvgIpc) is 2.42. The molecule has 0 radical (unpaired) electrons. The molecule has 1 unspecified atom stereocenters. The van der Waals surface area contributed by atoms with Crippen molar-refractivity contribution in [2.24, 2.45) is 0 Å². The zero-order valence-electron chi connectivity index (χ0n) is 7.48. The Labute approximate surface area is 71.6 Å². The predicted octanol–water partition coefficient (Wildman–Crippen LogP) is 1.73. The lowest BCUT2D eigenvalue weighted by atomic mass is 10.0. The molecule has 1 aromatic heterocycles. The SMILES string of the molecule is Cc1c[nH]c(=O)c2c1CCC2C. The Balaban J connectivity index is 2.73. The highest BCUT2D eigenvalue weighted by atomic mass is 16.1. The van der Waals surface area contributed by atoms with Crippen molar-refractivity contribution in [1.29, 1.82) is 0 Å². The highest BCUT2D eigenvalue weighted by Gasteiger charge is 2.22. The average molecular weight is 163 g/mol. The molecule has 1 aromatic rings. The summed E-state index contributed by atoms with van der Waals surface area (Å²) in [6.07, 6.45) is 4.02. The summed E-state index contributed by atoms with van der Waals surface area (Å²) >= 11 is 0. The predicted molar refractivity (Wildman–Crippen MR) is 48.5 cm³/mol. The molecule has 0 spiro atoms. The Hall–Kier alpha value is -1.05. The Morgan fingerprint density at radius 2 is 2.33 bits per heavy atom. The molecule has 12 heavy (non-hydrogen) atoms. The summed E-state index contributed by atoms with van der Waals surface area (Å²) in [5.41, 5.74) is 3.65. The minimum absolute atomic E-state index is 0.112. The van der Waals surface area contributed by atoms with Crippen LogP contribution < -0.4 is 5.56 Å². The van der Waals surface area contributed by atoms with Gasteiger partial charge in [0.25, 0.3) is 5.56 Å². The van der Waals surface area contributed by atoms with Gasteiger partial charge in [-0.1, -0.05) is 6.92 Å². The highest BCUT2D eigenvalue weighted by molar-refractivity contribution is 5.37. The zero-order chi connectivity index (χ0) is 8.72. The lowest BCUT2D eigenvalue weighted by Gasteiger charge is -2.03. The number of pyridine rings is 1. The molecule has 64 valence electrons. The van der Waals surface area contributed by atoms with Crippen molar-refractivity contribution < 1.29 is 0 Å². The van der Waals surface area contributed by atoms with Crippen LogP contribution in [0.4, 0.5) is 0 Å². The number of nitrogens with one attached hydrogen (secondary N) is 1. The summed E-state index contributed by atoms with van der Waals surface area (Å²) in [5, 5.41) is 0. The van der Waals surface area contributed by atoms with Crippen molar-refractivity contribution >= 4 is 0 Å². The minimum Gasteiger partial charge on any atom is -0.329 e. The second-order valence-electron chi connectivity index (χ2n) is 3.63. The number of aryl methyl sites for hydroxylation is 1. The number of hydrogen-bond donors (Lipinski definition) is 1. The quantitative estimate of drug-likeness (QED) is 0.620. The summed E-state index contributed by atoms with van der Waals surface area (Å²) < 4.78 is 0. The van der Waals surface area contributed by atoms with Gasteiger partial charge in [0.05, 0.1) is 0 Å². The first kappa shape index (κ1) is 7.59. The van der Waals surface area contributed by atoms with Gasteiger partial charge in [-0.05, 0) is 36.8 Å². The van der Waals surface area contributed by atoms with Crippen LogP contribution in [0, 0.1) is 6.92 Å². The van der Waals surface area contributed by atoms with Gasteiger partial charge in [-0.2, -0.15) is 0 Å². The van der Waals surface area contributed by atoms with Gasteiger partial charge in [-0.25, -0.2) is 0 Å². The van der Waals surface area contributed by atoms with E-state index in [4.69, 9.17) is 0 Å². The number of hydrogen-bond acceptors (Lipinski definition) is 1. The zero-order valence-corrected chi connectivity index (χ0v) is 7.48. The molecular formula is C10H13NO. The Kier molecular flexibility index (Phi) is 1.56. The van der Waals surface area contributed by atoms with E-state index < -0.39 is 0 Å². The standard InChI is InChI=1S/C10H13NO/c1-6-3-4-8-7(2)5-11-10(12)9(6)8/h5-6H,3-4H2,1-2H3,(H,11,12). The second kappa shape index (κ2) is 2.47. The van der Waals surface area contributed by atoms with Crippen LogP contribution in [0.2, 0.25) is 0 Å². The fourth-order valence-electron chi connectivity index (χ4n) is 2.05. The molecular weight excluding hydrogens is 150 g/mol. The molecule has 0 fully saturated rings. The first-order valence-corrected chi connectivity index (χ1v) is 4.41. The number of rotatable bonds is 0. The largest absolute Gasteiger partial charge is 0.329 e. The van der Waals surface area contributed by atoms with Crippen molar-refractivity contribution in [3.05, 3.63) is 33.2 Å². The van der Waals surface area contributed by atoms with Crippen LogP contribution in [0.15, 0.2) is 11.0 Å². The molecule has 2 rings (SSSR count). The van der Waals surface area contributed by atoms with Crippen LogP contribution in [0.1, 0.15) is 36.0 Å². The molecule has 0 aromatic carbocycles. The van der Waals surface area contributed by atoms with Gasteiger partial charge in [-0.3, -0.25) is 4.79 Å². The fourth-order valence-corrected chi connectivity index (χ4v) is 2.05. The molecule has 0 amide bonds. The van der Waals surface area contributed by atoms with Crippen LogP contribution in [0.3, 0.4) is 0 Å². The van der Waals surface area contributed by atoms with Crippen LogP contribution in [-0.2, 0) is 6.42 Å². The van der Waals surface area contributed by atoms with Crippen molar-refractivity contribution in [1.82, 2.24) is 4.98 Å². The van der Waals surface area contributed by atoms with Crippen molar-refractivity contribution in [3.8, 4) is 0 Å². The first-order valence-electron chi connectivity index (χ1n) is 4.41. The fraction of sp³-hybridized carbons (Fsp3) is 0.500. The number of aromatic nitrogens is 1. The highest BCUT2D eigenvalue weighted by Crippen LogP contribution is 2.30. The molecule has 0 saturated heterocycles. The van der Waals surface area contributed by atoms with E-state index in [1.165, 1.54) is 11.1 Å². The maximum Gasteiger partial charge on any atom is 0.251 e. The van der Waals surface area contributed by atoms with Gasteiger partial charge in [0.1, 0.15) is 0 Å². The van der Waals surface area contributed by atoms with Crippen LogP contribution in [-0.4, -0.2) is 4.98 Å². The molecule has 0 aliphatic heterocycles. The van der Waals surface area contributed by atoms with E-state index >= 15 is 0 Å². The summed E-state index contributed by atoms with van der Waals surface area (Å²) in [7, 11) is 0. The Bertz CT molecular complexity index is 365.